The van der Waals surface area contributed by atoms with Crippen LogP contribution < -0.4 is 5.32 Å². The predicted octanol–water partition coefficient (Wildman–Crippen LogP) is 6.22. The van der Waals surface area contributed by atoms with Crippen LogP contribution in [0, 0.1) is 11.8 Å². The lowest BCUT2D eigenvalue weighted by Crippen LogP contribution is -2.39. The van der Waals surface area contributed by atoms with Gasteiger partial charge in [-0.1, -0.05) is 70.6 Å². The van der Waals surface area contributed by atoms with Crippen molar-refractivity contribution in [3.05, 3.63) is 0 Å². The Kier molecular flexibility index (Phi) is 7.11. The smallest absolute Gasteiger partial charge is 0.00722 e. The van der Waals surface area contributed by atoms with Crippen LogP contribution in [0.1, 0.15) is 109 Å². The Morgan fingerprint density at radius 3 is 1.77 bits per heavy atom. The Morgan fingerprint density at radius 1 is 0.409 bits per heavy atom. The van der Waals surface area contributed by atoms with Crippen molar-refractivity contribution in [2.45, 2.75) is 121 Å². The lowest BCUT2D eigenvalue weighted by molar-refractivity contribution is 0.286. The molecule has 1 saturated heterocycles. The second-order valence-corrected chi connectivity index (χ2v) is 8.68. The lowest BCUT2D eigenvalue weighted by Gasteiger charge is -2.27. The van der Waals surface area contributed by atoms with Crippen LogP contribution in [0.15, 0.2) is 0 Å². The Hall–Kier alpha value is -0.0400. The van der Waals surface area contributed by atoms with E-state index in [0.29, 0.717) is 0 Å². The summed E-state index contributed by atoms with van der Waals surface area (Å²) in [6.07, 6.45) is 25.4. The summed E-state index contributed by atoms with van der Waals surface area (Å²) in [7, 11) is 0. The zero-order valence-corrected chi connectivity index (χ0v) is 14.8. The van der Waals surface area contributed by atoms with Crippen molar-refractivity contribution >= 4 is 0 Å². The summed E-state index contributed by atoms with van der Waals surface area (Å²) in [6.45, 7) is 0. The Bertz CT molecular complexity index is 272. The first kappa shape index (κ1) is 16.8. The highest BCUT2D eigenvalue weighted by atomic mass is 14.9. The molecule has 22 heavy (non-hydrogen) atoms. The molecule has 1 nitrogen and oxygen atoms in total. The number of rotatable bonds is 0. The molecule has 3 aliphatic rings. The molecule has 128 valence electrons. The normalized spacial score (nSPS) is 39.3. The molecule has 1 aliphatic heterocycles. The fourth-order valence-electron chi connectivity index (χ4n) is 5.47. The van der Waals surface area contributed by atoms with Gasteiger partial charge in [0.25, 0.3) is 0 Å². The van der Waals surface area contributed by atoms with E-state index in [1.54, 1.807) is 6.42 Å². The van der Waals surface area contributed by atoms with Crippen molar-refractivity contribution < 1.29 is 0 Å². The van der Waals surface area contributed by atoms with E-state index in [4.69, 9.17) is 0 Å². The van der Waals surface area contributed by atoms with Gasteiger partial charge < -0.3 is 5.32 Å². The lowest BCUT2D eigenvalue weighted by atomic mass is 9.82. The zero-order chi connectivity index (χ0) is 15.0. The highest BCUT2D eigenvalue weighted by Gasteiger charge is 2.26. The third-order valence-corrected chi connectivity index (χ3v) is 6.76. The van der Waals surface area contributed by atoms with Crippen molar-refractivity contribution in [2.24, 2.45) is 11.8 Å². The van der Waals surface area contributed by atoms with Gasteiger partial charge in [0.15, 0.2) is 0 Å². The standard InChI is InChI=1S/C21H39N/c1-2-6-10-18-14-15-20(12-8-3-1)22-21-13-9-5-4-7-11-19(16-18)17-21/h18-22H,1-17H2. The Morgan fingerprint density at radius 2 is 1.00 bits per heavy atom. The van der Waals surface area contributed by atoms with Crippen LogP contribution in [0.5, 0.6) is 0 Å². The van der Waals surface area contributed by atoms with Gasteiger partial charge in [-0.25, -0.2) is 0 Å². The Balaban J connectivity index is 1.70. The molecule has 4 bridgehead atoms. The molecule has 0 spiro atoms. The minimum Gasteiger partial charge on any atom is -0.311 e. The molecule has 0 aromatic rings. The van der Waals surface area contributed by atoms with Crippen LogP contribution in [-0.4, -0.2) is 12.1 Å². The van der Waals surface area contributed by atoms with Crippen molar-refractivity contribution in [1.82, 2.24) is 5.32 Å². The summed E-state index contributed by atoms with van der Waals surface area (Å²) >= 11 is 0. The molecular formula is C21H39N. The maximum atomic E-state index is 4.15. The van der Waals surface area contributed by atoms with Gasteiger partial charge in [0.05, 0.1) is 0 Å². The third kappa shape index (κ3) is 5.55. The largest absolute Gasteiger partial charge is 0.311 e. The molecule has 4 unspecified atom stereocenters. The highest BCUT2D eigenvalue weighted by Crippen LogP contribution is 2.34. The maximum absolute atomic E-state index is 4.15. The van der Waals surface area contributed by atoms with Crippen LogP contribution in [0.2, 0.25) is 0 Å². The summed E-state index contributed by atoms with van der Waals surface area (Å²) in [4.78, 5) is 0. The zero-order valence-electron chi connectivity index (χ0n) is 14.8. The fraction of sp³-hybridized carbons (Fsp3) is 1.00. The molecule has 1 heteroatoms. The van der Waals surface area contributed by atoms with Gasteiger partial charge >= 0.3 is 0 Å². The first-order valence-corrected chi connectivity index (χ1v) is 10.7. The molecule has 3 rings (SSSR count). The monoisotopic (exact) mass is 305 g/mol. The minimum atomic E-state index is 0.838. The molecule has 2 aliphatic carbocycles. The van der Waals surface area contributed by atoms with Crippen molar-refractivity contribution in [3.63, 3.8) is 0 Å². The van der Waals surface area contributed by atoms with Gasteiger partial charge in [0.1, 0.15) is 0 Å². The van der Waals surface area contributed by atoms with E-state index < -0.39 is 0 Å². The first-order valence-electron chi connectivity index (χ1n) is 10.7. The van der Waals surface area contributed by atoms with Gasteiger partial charge in [-0.2, -0.15) is 0 Å². The SMILES string of the molecule is C1CCCC2CCC(CCC1)NC1CCCCCCC(C2)C1. The molecule has 0 aromatic carbocycles. The molecule has 0 amide bonds. The van der Waals surface area contributed by atoms with Crippen LogP contribution >= 0.6 is 0 Å². The van der Waals surface area contributed by atoms with Gasteiger partial charge in [0, 0.05) is 12.1 Å². The molecule has 0 radical (unpaired) electrons. The highest BCUT2D eigenvalue weighted by molar-refractivity contribution is 4.83. The minimum absolute atomic E-state index is 0.838. The topological polar surface area (TPSA) is 12.0 Å². The second kappa shape index (κ2) is 9.30. The van der Waals surface area contributed by atoms with Crippen LogP contribution in [0.3, 0.4) is 0 Å². The summed E-state index contributed by atoms with van der Waals surface area (Å²) in [6, 6.07) is 1.68. The van der Waals surface area contributed by atoms with E-state index in [2.05, 4.69) is 5.32 Å². The molecule has 0 aromatic heterocycles. The Labute approximate surface area is 139 Å². The van der Waals surface area contributed by atoms with E-state index in [1.807, 2.05) is 0 Å². The van der Waals surface area contributed by atoms with E-state index >= 15 is 0 Å². The molecular weight excluding hydrogens is 266 g/mol. The molecule has 4 atom stereocenters. The van der Waals surface area contributed by atoms with Crippen LogP contribution in [0.25, 0.3) is 0 Å². The summed E-state index contributed by atoms with van der Waals surface area (Å²) in [5.74, 6) is 2.08. The first-order chi connectivity index (χ1) is 10.9. The van der Waals surface area contributed by atoms with E-state index in [1.165, 1.54) is 103 Å². The van der Waals surface area contributed by atoms with Crippen molar-refractivity contribution in [3.8, 4) is 0 Å². The van der Waals surface area contributed by atoms with E-state index in [0.717, 1.165) is 23.9 Å². The van der Waals surface area contributed by atoms with Gasteiger partial charge in [-0.05, 0) is 50.4 Å². The molecule has 3 fully saturated rings. The van der Waals surface area contributed by atoms with Crippen LogP contribution in [-0.2, 0) is 0 Å². The summed E-state index contributed by atoms with van der Waals surface area (Å²) < 4.78 is 0. The van der Waals surface area contributed by atoms with Gasteiger partial charge in [-0.3, -0.25) is 0 Å². The second-order valence-electron chi connectivity index (χ2n) is 8.68. The molecule has 1 N–H and O–H groups in total. The number of fused-ring (bicyclic) bond motifs is 5. The van der Waals surface area contributed by atoms with E-state index in [9.17, 15) is 0 Å². The van der Waals surface area contributed by atoms with Crippen molar-refractivity contribution in [2.75, 3.05) is 0 Å². The van der Waals surface area contributed by atoms with Gasteiger partial charge in [0.2, 0.25) is 0 Å². The third-order valence-electron chi connectivity index (χ3n) is 6.76. The number of hydrogen-bond donors (Lipinski definition) is 1. The van der Waals surface area contributed by atoms with Crippen LogP contribution in [0.4, 0.5) is 0 Å². The van der Waals surface area contributed by atoms with Crippen molar-refractivity contribution in [1.29, 1.82) is 0 Å². The average Bonchev–Trinajstić information content (AvgIpc) is 2.64. The number of nitrogens with one attached hydrogen (secondary N) is 1. The summed E-state index contributed by atoms with van der Waals surface area (Å²) in [5, 5.41) is 4.15. The van der Waals surface area contributed by atoms with Gasteiger partial charge in [-0.15, -0.1) is 0 Å². The average molecular weight is 306 g/mol. The summed E-state index contributed by atoms with van der Waals surface area (Å²) in [5.41, 5.74) is 0. The number of hydrogen-bond acceptors (Lipinski definition) is 1. The quantitative estimate of drug-likeness (QED) is 0.560. The molecule has 1 heterocycles. The molecule has 2 saturated carbocycles. The van der Waals surface area contributed by atoms with E-state index in [-0.39, 0.29) is 0 Å². The maximum Gasteiger partial charge on any atom is 0.00722 e. The fourth-order valence-corrected chi connectivity index (χ4v) is 5.47. The predicted molar refractivity (Wildman–Crippen MR) is 96.2 cm³/mol.